The second kappa shape index (κ2) is 4.32. The van der Waals surface area contributed by atoms with Crippen molar-refractivity contribution in [2.75, 3.05) is 0 Å². The van der Waals surface area contributed by atoms with Gasteiger partial charge in [0.05, 0.1) is 17.2 Å². The van der Waals surface area contributed by atoms with Gasteiger partial charge in [0.25, 0.3) is 0 Å². The van der Waals surface area contributed by atoms with E-state index in [0.29, 0.717) is 17.5 Å². The normalized spacial score (nSPS) is 35.4. The number of hydrogen-bond donors (Lipinski definition) is 1. The Morgan fingerprint density at radius 1 is 1.50 bits per heavy atom. The number of nitriles is 1. The van der Waals surface area contributed by atoms with Gasteiger partial charge in [-0.2, -0.15) is 5.26 Å². The summed E-state index contributed by atoms with van der Waals surface area (Å²) in [6.45, 7) is 0. The molecule has 2 saturated carbocycles. The molecule has 1 aromatic rings. The molecular formula is C14H15BrN2O. The molecular weight excluding hydrogens is 292 g/mol. The molecule has 2 bridgehead atoms. The molecule has 0 amide bonds. The minimum Gasteiger partial charge on any atom is -0.385 e. The average Bonchev–Trinajstić information content (AvgIpc) is 2.99. The average molecular weight is 307 g/mol. The van der Waals surface area contributed by atoms with E-state index in [1.807, 2.05) is 6.07 Å². The van der Waals surface area contributed by atoms with Gasteiger partial charge in [0.15, 0.2) is 0 Å². The summed E-state index contributed by atoms with van der Waals surface area (Å²) in [6.07, 6.45) is 5.14. The lowest BCUT2D eigenvalue weighted by atomic mass is 9.69. The monoisotopic (exact) mass is 306 g/mol. The van der Waals surface area contributed by atoms with Crippen molar-refractivity contribution in [2.24, 2.45) is 17.3 Å². The molecule has 2 fully saturated rings. The van der Waals surface area contributed by atoms with Crippen molar-refractivity contribution in [2.45, 2.75) is 31.8 Å². The van der Waals surface area contributed by atoms with E-state index < -0.39 is 11.5 Å². The van der Waals surface area contributed by atoms with Crippen LogP contribution in [0.4, 0.5) is 0 Å². The van der Waals surface area contributed by atoms with Crippen LogP contribution in [-0.2, 0) is 0 Å². The maximum absolute atomic E-state index is 10.6. The fourth-order valence-corrected chi connectivity index (χ4v) is 3.95. The molecule has 1 N–H and O–H groups in total. The van der Waals surface area contributed by atoms with Gasteiger partial charge in [-0.05, 0) is 59.2 Å². The number of aliphatic hydroxyl groups excluding tert-OH is 1. The highest BCUT2D eigenvalue weighted by Gasteiger charge is 2.56. The standard InChI is InChI=1S/C14H15BrN2O/c15-11-3-4-12(17-7-11)13(18)14(8-16)6-9-1-2-10(14)5-9/h3-4,7,9-10,13,18H,1-2,5-6H2. The highest BCUT2D eigenvalue weighted by molar-refractivity contribution is 9.10. The Bertz CT molecular complexity index is 496. The second-order valence-corrected chi connectivity index (χ2v) is 6.45. The maximum atomic E-state index is 10.6. The number of nitrogens with zero attached hydrogens (tertiary/aromatic N) is 2. The van der Waals surface area contributed by atoms with Crippen molar-refractivity contribution < 1.29 is 5.11 Å². The Morgan fingerprint density at radius 3 is 2.83 bits per heavy atom. The number of pyridine rings is 1. The molecule has 3 nitrogen and oxygen atoms in total. The second-order valence-electron chi connectivity index (χ2n) is 5.54. The molecule has 0 aliphatic heterocycles. The highest BCUT2D eigenvalue weighted by atomic mass is 79.9. The fourth-order valence-electron chi connectivity index (χ4n) is 3.72. The van der Waals surface area contributed by atoms with Crippen LogP contribution in [0.25, 0.3) is 0 Å². The van der Waals surface area contributed by atoms with E-state index in [-0.39, 0.29) is 0 Å². The minimum absolute atomic E-state index is 0.341. The molecule has 94 valence electrons. The molecule has 1 aromatic heterocycles. The molecule has 4 atom stereocenters. The minimum atomic E-state index is -0.758. The summed E-state index contributed by atoms with van der Waals surface area (Å²) in [5, 5.41) is 20.2. The summed E-state index contributed by atoms with van der Waals surface area (Å²) in [7, 11) is 0. The molecule has 0 radical (unpaired) electrons. The smallest absolute Gasteiger partial charge is 0.115 e. The van der Waals surface area contributed by atoms with E-state index in [1.54, 1.807) is 12.3 Å². The Balaban J connectivity index is 1.93. The number of rotatable bonds is 2. The van der Waals surface area contributed by atoms with Gasteiger partial charge in [-0.15, -0.1) is 0 Å². The van der Waals surface area contributed by atoms with Crippen LogP contribution in [0.2, 0.25) is 0 Å². The predicted molar refractivity (Wildman–Crippen MR) is 70.4 cm³/mol. The van der Waals surface area contributed by atoms with Crippen LogP contribution >= 0.6 is 15.9 Å². The SMILES string of the molecule is N#CC1(C(O)c2ccc(Br)cn2)CC2CCC1C2. The zero-order valence-electron chi connectivity index (χ0n) is 10.0. The lowest BCUT2D eigenvalue weighted by Gasteiger charge is -2.35. The summed E-state index contributed by atoms with van der Waals surface area (Å²) in [5.74, 6) is 0.965. The number of aromatic nitrogens is 1. The van der Waals surface area contributed by atoms with E-state index in [4.69, 9.17) is 0 Å². The van der Waals surface area contributed by atoms with Crippen molar-refractivity contribution in [1.82, 2.24) is 4.98 Å². The van der Waals surface area contributed by atoms with E-state index in [2.05, 4.69) is 27.0 Å². The first-order valence-electron chi connectivity index (χ1n) is 6.36. The summed E-state index contributed by atoms with van der Waals surface area (Å²) in [5.41, 5.74) is 0.0105. The molecule has 1 heterocycles. The first kappa shape index (κ1) is 12.1. The van der Waals surface area contributed by atoms with Crippen LogP contribution in [0.1, 0.15) is 37.5 Å². The Labute approximate surface area is 115 Å². The van der Waals surface area contributed by atoms with Gasteiger partial charge in [-0.1, -0.05) is 6.42 Å². The van der Waals surface area contributed by atoms with Crippen molar-refractivity contribution in [3.8, 4) is 6.07 Å². The fraction of sp³-hybridized carbons (Fsp3) is 0.571. The van der Waals surface area contributed by atoms with E-state index in [0.717, 1.165) is 23.7 Å². The number of aliphatic hydroxyl groups is 1. The van der Waals surface area contributed by atoms with Gasteiger partial charge in [0.1, 0.15) is 6.10 Å². The first-order valence-corrected chi connectivity index (χ1v) is 7.16. The number of hydrogen-bond acceptors (Lipinski definition) is 3. The summed E-state index contributed by atoms with van der Waals surface area (Å²) in [4.78, 5) is 4.25. The third-order valence-corrected chi connectivity index (χ3v) is 5.09. The number of fused-ring (bicyclic) bond motifs is 2. The third kappa shape index (κ3) is 1.69. The molecule has 2 aliphatic carbocycles. The Morgan fingerprint density at radius 2 is 2.33 bits per heavy atom. The molecule has 0 saturated heterocycles. The first-order chi connectivity index (χ1) is 8.65. The van der Waals surface area contributed by atoms with Crippen molar-refractivity contribution in [3.05, 3.63) is 28.5 Å². The van der Waals surface area contributed by atoms with Crippen LogP contribution in [0.3, 0.4) is 0 Å². The van der Waals surface area contributed by atoms with Crippen LogP contribution in [-0.4, -0.2) is 10.1 Å². The molecule has 18 heavy (non-hydrogen) atoms. The van der Waals surface area contributed by atoms with Crippen molar-refractivity contribution >= 4 is 15.9 Å². The van der Waals surface area contributed by atoms with Gasteiger partial charge in [-0.25, -0.2) is 0 Å². The molecule has 4 unspecified atom stereocenters. The molecule has 0 aromatic carbocycles. The topological polar surface area (TPSA) is 56.9 Å². The number of halogens is 1. The third-order valence-electron chi connectivity index (χ3n) is 4.62. The quantitative estimate of drug-likeness (QED) is 0.913. The predicted octanol–water partition coefficient (Wildman–Crippen LogP) is 3.21. The van der Waals surface area contributed by atoms with Crippen LogP contribution in [0.15, 0.2) is 22.8 Å². The zero-order valence-corrected chi connectivity index (χ0v) is 11.6. The van der Waals surface area contributed by atoms with Crippen LogP contribution < -0.4 is 0 Å². The van der Waals surface area contributed by atoms with E-state index in [1.165, 1.54) is 6.42 Å². The van der Waals surface area contributed by atoms with Crippen molar-refractivity contribution in [1.29, 1.82) is 5.26 Å². The van der Waals surface area contributed by atoms with Gasteiger partial charge in [-0.3, -0.25) is 4.98 Å². The molecule has 2 aliphatic rings. The Kier molecular flexibility index (Phi) is 2.91. The van der Waals surface area contributed by atoms with E-state index in [9.17, 15) is 10.4 Å². The van der Waals surface area contributed by atoms with Gasteiger partial charge in [0, 0.05) is 10.7 Å². The summed E-state index contributed by atoms with van der Waals surface area (Å²) >= 11 is 3.33. The lowest BCUT2D eigenvalue weighted by molar-refractivity contribution is 0.0202. The molecule has 0 spiro atoms. The van der Waals surface area contributed by atoms with Gasteiger partial charge < -0.3 is 5.11 Å². The van der Waals surface area contributed by atoms with Gasteiger partial charge >= 0.3 is 0 Å². The Hall–Kier alpha value is -0.920. The largest absolute Gasteiger partial charge is 0.385 e. The highest BCUT2D eigenvalue weighted by Crippen LogP contribution is 2.60. The molecule has 4 heteroatoms. The van der Waals surface area contributed by atoms with Crippen LogP contribution in [0.5, 0.6) is 0 Å². The van der Waals surface area contributed by atoms with Gasteiger partial charge in [0.2, 0.25) is 0 Å². The van der Waals surface area contributed by atoms with Crippen LogP contribution in [0, 0.1) is 28.6 Å². The zero-order chi connectivity index (χ0) is 12.8. The summed E-state index contributed by atoms with van der Waals surface area (Å²) in [6, 6.07) is 6.09. The molecule has 3 rings (SSSR count). The lowest BCUT2D eigenvalue weighted by Crippen LogP contribution is -2.33. The maximum Gasteiger partial charge on any atom is 0.115 e. The summed E-state index contributed by atoms with van der Waals surface area (Å²) < 4.78 is 0.886. The van der Waals surface area contributed by atoms with Crippen molar-refractivity contribution in [3.63, 3.8) is 0 Å². The van der Waals surface area contributed by atoms with E-state index >= 15 is 0 Å².